The van der Waals surface area contributed by atoms with Crippen LogP contribution >= 0.6 is 0 Å². The fourth-order valence-electron chi connectivity index (χ4n) is 5.52. The van der Waals surface area contributed by atoms with Crippen molar-refractivity contribution in [2.75, 3.05) is 32.0 Å². The molecule has 1 heterocycles. The number of carbonyl (C=O) groups is 2. The first-order chi connectivity index (χ1) is 20.5. The Balaban J connectivity index is 1.86. The van der Waals surface area contributed by atoms with E-state index in [-0.39, 0.29) is 28.8 Å². The molecule has 0 bridgehead atoms. The second-order valence-electron chi connectivity index (χ2n) is 10.9. The lowest BCUT2D eigenvalue weighted by atomic mass is 9.95. The van der Waals surface area contributed by atoms with Gasteiger partial charge in [0.2, 0.25) is 23.0 Å². The zero-order chi connectivity index (χ0) is 31.4. The van der Waals surface area contributed by atoms with Crippen LogP contribution in [-0.2, 0) is 23.1 Å². The number of carbonyl (C=O) groups excluding carboxylic acids is 2. The van der Waals surface area contributed by atoms with Crippen LogP contribution < -0.4 is 35.6 Å². The molecule has 2 amide bonds. The highest BCUT2D eigenvalue weighted by molar-refractivity contribution is 5.96. The molecule has 3 N–H and O–H groups in total. The number of hydrogen-bond acceptors (Lipinski definition) is 8. The minimum atomic E-state index is -0.709. The van der Waals surface area contributed by atoms with Crippen LogP contribution in [0.1, 0.15) is 56.5 Å². The summed E-state index contributed by atoms with van der Waals surface area (Å²) >= 11 is 0. The molecule has 1 aliphatic rings. The zero-order valence-corrected chi connectivity index (χ0v) is 26.1. The third-order valence-corrected chi connectivity index (χ3v) is 8.09. The molecule has 0 saturated heterocycles. The number of nitrogens with one attached hydrogen (secondary N) is 3. The van der Waals surface area contributed by atoms with Crippen molar-refractivity contribution in [3.05, 3.63) is 57.4 Å². The molecule has 3 aromatic rings. The third kappa shape index (κ3) is 6.45. The Labute approximate surface area is 251 Å². The predicted molar refractivity (Wildman–Crippen MR) is 166 cm³/mol. The summed E-state index contributed by atoms with van der Waals surface area (Å²) in [5, 5.41) is 13.5. The Hall–Kier alpha value is -4.54. The summed E-state index contributed by atoms with van der Waals surface area (Å²) < 4.78 is 18.8. The number of nitrogens with zero attached hydrogens (tertiary/aromatic N) is 2. The van der Waals surface area contributed by atoms with Crippen LogP contribution in [0.3, 0.4) is 0 Å². The minimum absolute atomic E-state index is 0.0998. The molecule has 3 atom stereocenters. The van der Waals surface area contributed by atoms with E-state index in [9.17, 15) is 14.4 Å². The number of rotatable bonds is 10. The summed E-state index contributed by atoms with van der Waals surface area (Å²) in [6.07, 6.45) is 1.84. The van der Waals surface area contributed by atoms with Crippen molar-refractivity contribution < 1.29 is 23.8 Å². The Morgan fingerprint density at radius 1 is 1.09 bits per heavy atom. The van der Waals surface area contributed by atoms with Gasteiger partial charge < -0.3 is 30.2 Å². The highest BCUT2D eigenvalue weighted by atomic mass is 16.5. The highest BCUT2D eigenvalue weighted by Crippen LogP contribution is 2.50. The van der Waals surface area contributed by atoms with Gasteiger partial charge in [0.25, 0.3) is 0 Å². The number of ether oxygens (including phenoxy) is 3. The lowest BCUT2D eigenvalue weighted by Gasteiger charge is -2.23. The number of fused-ring (bicyclic) bond motifs is 3. The van der Waals surface area contributed by atoms with E-state index in [1.165, 1.54) is 13.0 Å². The van der Waals surface area contributed by atoms with Crippen molar-refractivity contribution in [1.82, 2.24) is 15.1 Å². The van der Waals surface area contributed by atoms with Crippen molar-refractivity contribution in [2.24, 2.45) is 13.0 Å². The largest absolute Gasteiger partial charge is 0.493 e. The highest BCUT2D eigenvalue weighted by Gasteiger charge is 2.30. The summed E-state index contributed by atoms with van der Waals surface area (Å²) in [7, 11) is 6.47. The standard InChI is InChI=1S/C32H41N5O6/c1-9-17(2)29(32(40)35-27-14-18(3)37(5)36-27)34-24-13-11-21-22(16-25(24)39)23(33-19(4)38)12-10-20-15-26(41-6)30(42-7)31(43-8)28(20)21/h11,13-17,23,29H,9-10,12H2,1-8H3,(H,33,38)(H,34,39)(H,35,36,40)/t17-,23+,29-/m0/s1. The van der Waals surface area contributed by atoms with Crippen LogP contribution in [0.15, 0.2) is 35.1 Å². The first-order valence-corrected chi connectivity index (χ1v) is 14.4. The van der Waals surface area contributed by atoms with Gasteiger partial charge in [-0.05, 0) is 60.6 Å². The van der Waals surface area contributed by atoms with Gasteiger partial charge in [0.15, 0.2) is 17.3 Å². The van der Waals surface area contributed by atoms with Gasteiger partial charge in [-0.1, -0.05) is 26.3 Å². The number of anilines is 2. The quantitative estimate of drug-likeness (QED) is 0.317. The number of benzene rings is 1. The molecule has 2 aromatic carbocycles. The molecule has 4 rings (SSSR count). The Kier molecular flexibility index (Phi) is 9.63. The smallest absolute Gasteiger partial charge is 0.248 e. The van der Waals surface area contributed by atoms with Gasteiger partial charge in [0.1, 0.15) is 6.04 Å². The second kappa shape index (κ2) is 13.2. The summed E-state index contributed by atoms with van der Waals surface area (Å²) in [5.74, 6) is 1.27. The Morgan fingerprint density at radius 2 is 1.81 bits per heavy atom. The van der Waals surface area contributed by atoms with Gasteiger partial charge in [-0.2, -0.15) is 5.10 Å². The topological polar surface area (TPSA) is 133 Å². The molecule has 0 unspecified atom stereocenters. The molecule has 0 saturated carbocycles. The molecule has 11 heteroatoms. The molecular weight excluding hydrogens is 550 g/mol. The van der Waals surface area contributed by atoms with Crippen LogP contribution in [0, 0.1) is 12.8 Å². The second-order valence-corrected chi connectivity index (χ2v) is 10.9. The maximum atomic E-state index is 13.8. The first-order valence-electron chi connectivity index (χ1n) is 14.4. The molecule has 0 spiro atoms. The van der Waals surface area contributed by atoms with E-state index in [0.29, 0.717) is 53.5 Å². The van der Waals surface area contributed by atoms with Gasteiger partial charge in [0, 0.05) is 31.3 Å². The van der Waals surface area contributed by atoms with Crippen molar-refractivity contribution >= 4 is 23.3 Å². The van der Waals surface area contributed by atoms with Crippen LogP contribution in [0.2, 0.25) is 0 Å². The monoisotopic (exact) mass is 591 g/mol. The van der Waals surface area contributed by atoms with Gasteiger partial charge >= 0.3 is 0 Å². The fourth-order valence-corrected chi connectivity index (χ4v) is 5.52. The minimum Gasteiger partial charge on any atom is -0.493 e. The number of hydrogen-bond donors (Lipinski definition) is 3. The van der Waals surface area contributed by atoms with Crippen molar-refractivity contribution in [3.63, 3.8) is 0 Å². The molecule has 0 fully saturated rings. The zero-order valence-electron chi connectivity index (χ0n) is 26.1. The van der Waals surface area contributed by atoms with E-state index in [0.717, 1.165) is 16.8 Å². The van der Waals surface area contributed by atoms with Gasteiger partial charge in [-0.3, -0.25) is 19.1 Å². The van der Waals surface area contributed by atoms with Crippen LogP contribution in [0.4, 0.5) is 11.5 Å². The van der Waals surface area contributed by atoms with Crippen LogP contribution in [0.25, 0.3) is 11.1 Å². The third-order valence-electron chi connectivity index (χ3n) is 8.09. The molecule has 11 nitrogen and oxygen atoms in total. The molecule has 0 radical (unpaired) electrons. The molecule has 1 aliphatic carbocycles. The number of methoxy groups -OCH3 is 3. The lowest BCUT2D eigenvalue weighted by Crippen LogP contribution is -2.40. The average molecular weight is 592 g/mol. The van der Waals surface area contributed by atoms with E-state index in [1.54, 1.807) is 45.2 Å². The van der Waals surface area contributed by atoms with Crippen molar-refractivity contribution in [2.45, 2.75) is 59.0 Å². The number of aryl methyl sites for hydroxylation is 3. The normalized spacial score (nSPS) is 15.2. The van der Waals surface area contributed by atoms with E-state index < -0.39 is 12.1 Å². The van der Waals surface area contributed by atoms with Crippen molar-refractivity contribution in [1.29, 1.82) is 0 Å². The summed E-state index contributed by atoms with van der Waals surface area (Å²) in [4.78, 5) is 39.5. The fraction of sp³-hybridized carbons (Fsp3) is 0.438. The van der Waals surface area contributed by atoms with Crippen LogP contribution in [0.5, 0.6) is 17.2 Å². The first kappa shape index (κ1) is 31.4. The van der Waals surface area contributed by atoms with Crippen molar-refractivity contribution in [3.8, 4) is 28.4 Å². The summed E-state index contributed by atoms with van der Waals surface area (Å²) in [6.45, 7) is 7.30. The molecule has 230 valence electrons. The van der Waals surface area contributed by atoms with E-state index in [4.69, 9.17) is 14.2 Å². The van der Waals surface area contributed by atoms with E-state index in [2.05, 4.69) is 21.0 Å². The van der Waals surface area contributed by atoms with E-state index >= 15 is 0 Å². The van der Waals surface area contributed by atoms with E-state index in [1.807, 2.05) is 32.9 Å². The summed E-state index contributed by atoms with van der Waals surface area (Å²) in [6, 6.07) is 7.61. The average Bonchev–Trinajstić information content (AvgIpc) is 3.11. The van der Waals surface area contributed by atoms with Crippen LogP contribution in [-0.4, -0.2) is 49.0 Å². The SMILES string of the molecule is CC[C@H](C)[C@H](Nc1ccc2c(cc1=O)[C@H](NC(C)=O)CCc1cc(OC)c(OC)c(OC)c1-2)C(=O)Nc1cc(C)n(C)n1. The predicted octanol–water partition coefficient (Wildman–Crippen LogP) is 4.37. The van der Waals surface area contributed by atoms with Gasteiger partial charge in [-0.25, -0.2) is 0 Å². The maximum Gasteiger partial charge on any atom is 0.248 e. The summed E-state index contributed by atoms with van der Waals surface area (Å²) in [5.41, 5.74) is 3.89. The molecule has 1 aromatic heterocycles. The van der Waals surface area contributed by atoms with Gasteiger partial charge in [0.05, 0.1) is 33.1 Å². The number of aromatic nitrogens is 2. The Morgan fingerprint density at radius 3 is 2.40 bits per heavy atom. The lowest BCUT2D eigenvalue weighted by molar-refractivity contribution is -0.120. The number of amides is 2. The Bertz CT molecular complexity index is 1560. The maximum absolute atomic E-state index is 13.8. The molecule has 43 heavy (non-hydrogen) atoms. The molecule has 0 aliphatic heterocycles. The van der Waals surface area contributed by atoms with Gasteiger partial charge in [-0.15, -0.1) is 0 Å². The molecular formula is C32H41N5O6.